The number of benzene rings is 2. The number of rotatable bonds is 5. The van der Waals surface area contributed by atoms with Crippen LogP contribution in [0.4, 0.5) is 0 Å². The molecule has 1 fully saturated rings. The largest absolute Gasteiger partial charge is 0.372 e. The second-order valence-electron chi connectivity index (χ2n) is 6.19. The van der Waals surface area contributed by atoms with Crippen molar-refractivity contribution in [1.29, 1.82) is 5.26 Å². The van der Waals surface area contributed by atoms with Crippen LogP contribution in [0.15, 0.2) is 54.6 Å². The van der Waals surface area contributed by atoms with Crippen molar-refractivity contribution in [2.75, 3.05) is 13.1 Å². The van der Waals surface area contributed by atoms with Gasteiger partial charge >= 0.3 is 0 Å². The smallest absolute Gasteiger partial charge is 0.0991 e. The zero-order valence-corrected chi connectivity index (χ0v) is 13.2. The van der Waals surface area contributed by atoms with Gasteiger partial charge in [-0.05, 0) is 48.6 Å². The van der Waals surface area contributed by atoms with Crippen molar-refractivity contribution < 1.29 is 4.74 Å². The van der Waals surface area contributed by atoms with Crippen LogP contribution in [0.3, 0.4) is 0 Å². The zero-order chi connectivity index (χ0) is 15.9. The lowest BCUT2D eigenvalue weighted by molar-refractivity contribution is 0.0114. The number of ether oxygens (including phenoxy) is 1. The summed E-state index contributed by atoms with van der Waals surface area (Å²) in [5.74, 6) is 0.613. The highest BCUT2D eigenvalue weighted by atomic mass is 16.5. The van der Waals surface area contributed by atoms with Gasteiger partial charge in [0.2, 0.25) is 0 Å². The highest BCUT2D eigenvalue weighted by molar-refractivity contribution is 5.32. The third-order valence-electron chi connectivity index (χ3n) is 4.31. The van der Waals surface area contributed by atoms with Gasteiger partial charge in [-0.1, -0.05) is 42.5 Å². The Bertz CT molecular complexity index is 663. The lowest BCUT2D eigenvalue weighted by Gasteiger charge is -2.30. The van der Waals surface area contributed by atoms with Crippen molar-refractivity contribution in [2.45, 2.75) is 25.6 Å². The average molecular weight is 306 g/mol. The molecule has 0 amide bonds. The fourth-order valence-corrected chi connectivity index (χ4v) is 3.16. The molecular weight excluding hydrogens is 284 g/mol. The van der Waals surface area contributed by atoms with Crippen molar-refractivity contribution in [1.82, 2.24) is 5.32 Å². The number of nitrogens with one attached hydrogen (secondary N) is 1. The van der Waals surface area contributed by atoms with E-state index in [4.69, 9.17) is 10.00 Å². The second kappa shape index (κ2) is 7.92. The summed E-state index contributed by atoms with van der Waals surface area (Å²) in [7, 11) is 0. The van der Waals surface area contributed by atoms with Gasteiger partial charge in [-0.2, -0.15) is 5.26 Å². The third-order valence-corrected chi connectivity index (χ3v) is 4.31. The monoisotopic (exact) mass is 306 g/mol. The van der Waals surface area contributed by atoms with E-state index < -0.39 is 0 Å². The zero-order valence-electron chi connectivity index (χ0n) is 13.2. The van der Waals surface area contributed by atoms with E-state index in [1.54, 1.807) is 0 Å². The fourth-order valence-electron chi connectivity index (χ4n) is 3.16. The summed E-state index contributed by atoms with van der Waals surface area (Å²) in [6.45, 7) is 2.53. The van der Waals surface area contributed by atoms with Crippen LogP contribution in [0.5, 0.6) is 0 Å². The first-order chi connectivity index (χ1) is 11.3. The molecule has 1 heterocycles. The van der Waals surface area contributed by atoms with Gasteiger partial charge in [0, 0.05) is 6.54 Å². The van der Waals surface area contributed by atoms with E-state index >= 15 is 0 Å². The molecule has 0 bridgehead atoms. The maximum atomic E-state index is 8.95. The number of nitriles is 1. The van der Waals surface area contributed by atoms with Crippen molar-refractivity contribution >= 4 is 0 Å². The minimum absolute atomic E-state index is 0.239. The summed E-state index contributed by atoms with van der Waals surface area (Å²) in [6, 6.07) is 20.5. The molecule has 2 aromatic rings. The maximum Gasteiger partial charge on any atom is 0.0991 e. The summed E-state index contributed by atoms with van der Waals surface area (Å²) in [5, 5.41) is 12.4. The molecule has 1 saturated heterocycles. The normalized spacial score (nSPS) is 20.8. The van der Waals surface area contributed by atoms with Gasteiger partial charge in [0.25, 0.3) is 0 Å². The highest BCUT2D eigenvalue weighted by Crippen LogP contribution is 2.19. The van der Waals surface area contributed by atoms with Gasteiger partial charge in [-0.25, -0.2) is 0 Å². The maximum absolute atomic E-state index is 8.95. The molecule has 3 heteroatoms. The Kier molecular flexibility index (Phi) is 5.42. The Labute approximate surface area is 137 Å². The molecule has 0 saturated carbocycles. The summed E-state index contributed by atoms with van der Waals surface area (Å²) in [5.41, 5.74) is 3.14. The molecule has 2 aromatic carbocycles. The first kappa shape index (κ1) is 15.7. The van der Waals surface area contributed by atoms with Crippen molar-refractivity contribution in [3.05, 3.63) is 71.3 Å². The Balaban J connectivity index is 1.51. The number of piperidine rings is 1. The first-order valence-corrected chi connectivity index (χ1v) is 8.19. The van der Waals surface area contributed by atoms with Crippen LogP contribution in [-0.4, -0.2) is 19.2 Å². The lowest BCUT2D eigenvalue weighted by atomic mass is 9.91. The van der Waals surface area contributed by atoms with Crippen molar-refractivity contribution in [3.63, 3.8) is 0 Å². The van der Waals surface area contributed by atoms with Gasteiger partial charge in [-0.15, -0.1) is 0 Å². The van der Waals surface area contributed by atoms with Gasteiger partial charge in [-0.3, -0.25) is 0 Å². The molecule has 1 aliphatic rings. The number of nitrogens with zero attached hydrogens (tertiary/aromatic N) is 1. The third kappa shape index (κ3) is 4.66. The van der Waals surface area contributed by atoms with Gasteiger partial charge in [0.1, 0.15) is 0 Å². The van der Waals surface area contributed by atoms with E-state index in [1.165, 1.54) is 5.56 Å². The molecule has 3 nitrogen and oxygen atoms in total. The predicted molar refractivity (Wildman–Crippen MR) is 90.9 cm³/mol. The summed E-state index contributed by atoms with van der Waals surface area (Å²) in [6.07, 6.45) is 2.42. The minimum atomic E-state index is 0.239. The van der Waals surface area contributed by atoms with E-state index in [-0.39, 0.29) is 6.10 Å². The Hall–Kier alpha value is -2.15. The molecule has 3 rings (SSSR count). The summed E-state index contributed by atoms with van der Waals surface area (Å²) < 4.78 is 6.06. The Morgan fingerprint density at radius 3 is 2.70 bits per heavy atom. The topological polar surface area (TPSA) is 45.0 Å². The standard InChI is InChI=1S/C20H22N2O/c21-12-17-7-4-8-18(10-17)15-23-20-11-19(13-22-14-20)9-16-5-2-1-3-6-16/h1-8,10,19-20,22H,9,11,13-15H2/t19-,20-/m1/s1. The van der Waals surface area contributed by atoms with Crippen LogP contribution >= 0.6 is 0 Å². The van der Waals surface area contributed by atoms with Gasteiger partial charge in [0.15, 0.2) is 0 Å². The van der Waals surface area contributed by atoms with E-state index in [2.05, 4.69) is 41.7 Å². The average Bonchev–Trinajstić information content (AvgIpc) is 2.61. The Morgan fingerprint density at radius 1 is 1.04 bits per heavy atom. The van der Waals surface area contributed by atoms with Crippen LogP contribution in [0.2, 0.25) is 0 Å². The van der Waals surface area contributed by atoms with Crippen molar-refractivity contribution in [2.24, 2.45) is 5.92 Å². The molecule has 0 aliphatic carbocycles. The fraction of sp³-hybridized carbons (Fsp3) is 0.350. The van der Waals surface area contributed by atoms with E-state index in [0.717, 1.165) is 31.5 Å². The lowest BCUT2D eigenvalue weighted by Crippen LogP contribution is -2.41. The van der Waals surface area contributed by atoms with Crippen LogP contribution in [-0.2, 0) is 17.8 Å². The molecule has 0 spiro atoms. The molecule has 2 atom stereocenters. The molecule has 1 aliphatic heterocycles. The predicted octanol–water partition coefficient (Wildman–Crippen LogP) is 3.30. The van der Waals surface area contributed by atoms with Crippen LogP contribution in [0.1, 0.15) is 23.1 Å². The number of hydrogen-bond donors (Lipinski definition) is 1. The first-order valence-electron chi connectivity index (χ1n) is 8.19. The minimum Gasteiger partial charge on any atom is -0.372 e. The quantitative estimate of drug-likeness (QED) is 0.922. The van der Waals surface area contributed by atoms with E-state index in [9.17, 15) is 0 Å². The molecule has 0 aromatic heterocycles. The summed E-state index contributed by atoms with van der Waals surface area (Å²) in [4.78, 5) is 0. The molecule has 0 radical (unpaired) electrons. The molecule has 1 N–H and O–H groups in total. The van der Waals surface area contributed by atoms with Crippen LogP contribution < -0.4 is 5.32 Å². The molecule has 118 valence electrons. The van der Waals surface area contributed by atoms with Crippen LogP contribution in [0, 0.1) is 17.2 Å². The van der Waals surface area contributed by atoms with Crippen molar-refractivity contribution in [3.8, 4) is 6.07 Å². The second-order valence-corrected chi connectivity index (χ2v) is 6.19. The van der Waals surface area contributed by atoms with Gasteiger partial charge < -0.3 is 10.1 Å². The number of hydrogen-bond acceptors (Lipinski definition) is 3. The van der Waals surface area contributed by atoms with Crippen LogP contribution in [0.25, 0.3) is 0 Å². The Morgan fingerprint density at radius 2 is 1.87 bits per heavy atom. The van der Waals surface area contributed by atoms with Gasteiger partial charge in [0.05, 0.1) is 24.3 Å². The van der Waals surface area contributed by atoms with E-state index in [1.807, 2.05) is 24.3 Å². The summed E-state index contributed by atoms with van der Waals surface area (Å²) >= 11 is 0. The molecule has 0 unspecified atom stereocenters. The molecular formula is C20H22N2O. The molecule has 23 heavy (non-hydrogen) atoms. The van der Waals surface area contributed by atoms with E-state index in [0.29, 0.717) is 18.1 Å². The SMILES string of the molecule is N#Cc1cccc(CO[C@H]2CNC[C@H](Cc3ccccc3)C2)c1. The highest BCUT2D eigenvalue weighted by Gasteiger charge is 2.22.